The third kappa shape index (κ3) is 2.40. The van der Waals surface area contributed by atoms with Crippen LogP contribution >= 0.6 is 11.6 Å². The molecular weight excluding hydrogens is 236 g/mol. The maximum absolute atomic E-state index is 11.4. The van der Waals surface area contributed by atoms with Gasteiger partial charge in [0.1, 0.15) is 0 Å². The molecule has 0 radical (unpaired) electrons. The molecule has 0 aliphatic rings. The minimum absolute atomic E-state index is 0.0225. The van der Waals surface area contributed by atoms with E-state index in [1.807, 2.05) is 0 Å². The number of hydrogen-bond acceptors (Lipinski definition) is 5. The second-order valence-electron chi connectivity index (χ2n) is 2.87. The van der Waals surface area contributed by atoms with Gasteiger partial charge in [-0.3, -0.25) is 10.1 Å². The molecule has 1 aromatic carbocycles. The van der Waals surface area contributed by atoms with E-state index in [-0.39, 0.29) is 28.6 Å². The highest BCUT2D eigenvalue weighted by molar-refractivity contribution is 6.34. The number of ether oxygens (including phenoxy) is 1. The summed E-state index contributed by atoms with van der Waals surface area (Å²) in [6.45, 7) is 1.77. The lowest BCUT2D eigenvalue weighted by atomic mass is 10.1. The topological polar surface area (TPSA) is 95.5 Å². The molecular formula is C9H9ClN2O4. The van der Waals surface area contributed by atoms with Gasteiger partial charge in [-0.05, 0) is 6.92 Å². The SMILES string of the molecule is CCOC(=O)c1cc([N+](=O)[O-])cc(Cl)c1N. The Morgan fingerprint density at radius 3 is 2.75 bits per heavy atom. The number of halogens is 1. The standard InChI is InChI=1S/C9H9ClN2O4/c1-2-16-9(13)6-3-5(12(14)15)4-7(10)8(6)11/h3-4H,2,11H2,1H3. The van der Waals surface area contributed by atoms with Crippen molar-refractivity contribution in [1.82, 2.24) is 0 Å². The maximum atomic E-state index is 11.4. The predicted molar refractivity (Wildman–Crippen MR) is 58.5 cm³/mol. The molecule has 7 heteroatoms. The third-order valence-corrected chi connectivity index (χ3v) is 2.13. The average molecular weight is 245 g/mol. The molecule has 0 saturated heterocycles. The first-order valence-corrected chi connectivity index (χ1v) is 4.75. The van der Waals surface area contributed by atoms with Gasteiger partial charge >= 0.3 is 5.97 Å². The van der Waals surface area contributed by atoms with Crippen molar-refractivity contribution < 1.29 is 14.5 Å². The highest BCUT2D eigenvalue weighted by atomic mass is 35.5. The van der Waals surface area contributed by atoms with Crippen LogP contribution in [0.2, 0.25) is 5.02 Å². The second-order valence-corrected chi connectivity index (χ2v) is 3.27. The molecule has 0 unspecified atom stereocenters. The number of hydrogen-bond donors (Lipinski definition) is 1. The lowest BCUT2D eigenvalue weighted by Gasteiger charge is -2.06. The lowest BCUT2D eigenvalue weighted by Crippen LogP contribution is -2.09. The van der Waals surface area contributed by atoms with Crippen LogP contribution in [0.25, 0.3) is 0 Å². The average Bonchev–Trinajstić information content (AvgIpc) is 2.21. The van der Waals surface area contributed by atoms with Gasteiger partial charge in [0.15, 0.2) is 0 Å². The van der Waals surface area contributed by atoms with E-state index in [1.54, 1.807) is 6.92 Å². The van der Waals surface area contributed by atoms with E-state index in [0.717, 1.165) is 12.1 Å². The summed E-state index contributed by atoms with van der Waals surface area (Å²) in [6.07, 6.45) is 0. The van der Waals surface area contributed by atoms with Crippen LogP contribution < -0.4 is 5.73 Å². The van der Waals surface area contributed by atoms with Crippen LogP contribution in [0, 0.1) is 10.1 Å². The van der Waals surface area contributed by atoms with Crippen LogP contribution in [0.5, 0.6) is 0 Å². The van der Waals surface area contributed by atoms with Crippen molar-refractivity contribution in [1.29, 1.82) is 0 Å². The summed E-state index contributed by atoms with van der Waals surface area (Å²) < 4.78 is 4.70. The lowest BCUT2D eigenvalue weighted by molar-refractivity contribution is -0.384. The fraction of sp³-hybridized carbons (Fsp3) is 0.222. The van der Waals surface area contributed by atoms with Gasteiger partial charge in [0.25, 0.3) is 5.69 Å². The van der Waals surface area contributed by atoms with E-state index < -0.39 is 10.9 Å². The highest BCUT2D eigenvalue weighted by Crippen LogP contribution is 2.29. The number of rotatable bonds is 3. The molecule has 1 aromatic rings. The number of benzene rings is 1. The van der Waals surface area contributed by atoms with Crippen molar-refractivity contribution in [2.24, 2.45) is 0 Å². The number of nitrogens with two attached hydrogens (primary N) is 1. The molecule has 2 N–H and O–H groups in total. The quantitative estimate of drug-likeness (QED) is 0.380. The third-order valence-electron chi connectivity index (χ3n) is 1.82. The first-order valence-electron chi connectivity index (χ1n) is 4.38. The van der Waals surface area contributed by atoms with Crippen LogP contribution in [0.4, 0.5) is 11.4 Å². The van der Waals surface area contributed by atoms with Gasteiger partial charge in [-0.25, -0.2) is 4.79 Å². The Labute approximate surface area is 96.1 Å². The van der Waals surface area contributed by atoms with E-state index in [0.29, 0.717) is 0 Å². The number of non-ortho nitro benzene ring substituents is 1. The maximum Gasteiger partial charge on any atom is 0.340 e. The largest absolute Gasteiger partial charge is 0.462 e. The summed E-state index contributed by atoms with van der Waals surface area (Å²) >= 11 is 5.67. The van der Waals surface area contributed by atoms with E-state index in [2.05, 4.69) is 0 Å². The fourth-order valence-corrected chi connectivity index (χ4v) is 1.30. The molecule has 0 spiro atoms. The number of nitro groups is 1. The van der Waals surface area contributed by atoms with Crippen LogP contribution in [-0.4, -0.2) is 17.5 Å². The van der Waals surface area contributed by atoms with Gasteiger partial charge in [0, 0.05) is 12.1 Å². The van der Waals surface area contributed by atoms with Crippen molar-refractivity contribution in [3.63, 3.8) is 0 Å². The van der Waals surface area contributed by atoms with Gasteiger partial charge in [0.05, 0.1) is 27.8 Å². The van der Waals surface area contributed by atoms with E-state index >= 15 is 0 Å². The Balaban J connectivity index is 3.26. The molecule has 86 valence electrons. The van der Waals surface area contributed by atoms with Crippen molar-refractivity contribution in [2.75, 3.05) is 12.3 Å². The van der Waals surface area contributed by atoms with Gasteiger partial charge < -0.3 is 10.5 Å². The van der Waals surface area contributed by atoms with Crippen LogP contribution in [0.1, 0.15) is 17.3 Å². The Morgan fingerprint density at radius 2 is 2.25 bits per heavy atom. The molecule has 0 fully saturated rings. The first kappa shape index (κ1) is 12.3. The molecule has 0 saturated carbocycles. The zero-order valence-electron chi connectivity index (χ0n) is 8.40. The van der Waals surface area contributed by atoms with Crippen molar-refractivity contribution >= 4 is 28.9 Å². The van der Waals surface area contributed by atoms with E-state index in [4.69, 9.17) is 22.1 Å². The number of esters is 1. The summed E-state index contributed by atoms with van der Waals surface area (Å²) in [4.78, 5) is 21.3. The molecule has 0 atom stereocenters. The van der Waals surface area contributed by atoms with Crippen molar-refractivity contribution in [2.45, 2.75) is 6.92 Å². The molecule has 0 aromatic heterocycles. The monoisotopic (exact) mass is 244 g/mol. The molecule has 0 aliphatic heterocycles. The molecule has 16 heavy (non-hydrogen) atoms. The molecule has 0 heterocycles. The number of nitrogens with zero attached hydrogens (tertiary/aromatic N) is 1. The molecule has 0 amide bonds. The van der Waals surface area contributed by atoms with E-state index in [1.165, 1.54) is 0 Å². The van der Waals surface area contributed by atoms with Gasteiger partial charge in [-0.15, -0.1) is 0 Å². The number of carbonyl (C=O) groups excluding carboxylic acids is 1. The molecule has 6 nitrogen and oxygen atoms in total. The predicted octanol–water partition coefficient (Wildman–Crippen LogP) is 2.01. The zero-order valence-corrected chi connectivity index (χ0v) is 9.15. The van der Waals surface area contributed by atoms with E-state index in [9.17, 15) is 14.9 Å². The van der Waals surface area contributed by atoms with Gasteiger partial charge in [-0.2, -0.15) is 0 Å². The van der Waals surface area contributed by atoms with Crippen LogP contribution in [0.15, 0.2) is 12.1 Å². The first-order chi connectivity index (χ1) is 7.47. The minimum Gasteiger partial charge on any atom is -0.462 e. The normalized spacial score (nSPS) is 9.88. The summed E-state index contributed by atoms with van der Waals surface area (Å²) in [5.74, 6) is -0.731. The Hall–Kier alpha value is -1.82. The number of anilines is 1. The number of carbonyl (C=O) groups is 1. The summed E-state index contributed by atoms with van der Waals surface area (Å²) in [6, 6.07) is 2.12. The number of nitrogen functional groups attached to an aromatic ring is 1. The van der Waals surface area contributed by atoms with Crippen molar-refractivity contribution in [3.05, 3.63) is 32.8 Å². The fourth-order valence-electron chi connectivity index (χ4n) is 1.09. The molecule has 1 rings (SSSR count). The summed E-state index contributed by atoms with van der Waals surface area (Å²) in [5, 5.41) is 10.5. The molecule has 0 bridgehead atoms. The summed E-state index contributed by atoms with van der Waals surface area (Å²) in [5.41, 5.74) is 5.11. The highest BCUT2D eigenvalue weighted by Gasteiger charge is 2.19. The Bertz CT molecular complexity index is 447. The smallest absolute Gasteiger partial charge is 0.340 e. The van der Waals surface area contributed by atoms with Crippen LogP contribution in [0.3, 0.4) is 0 Å². The van der Waals surface area contributed by atoms with Gasteiger partial charge in [-0.1, -0.05) is 11.6 Å². The van der Waals surface area contributed by atoms with Crippen molar-refractivity contribution in [3.8, 4) is 0 Å². The zero-order chi connectivity index (χ0) is 12.3. The summed E-state index contributed by atoms with van der Waals surface area (Å²) in [7, 11) is 0. The van der Waals surface area contributed by atoms with Gasteiger partial charge in [0.2, 0.25) is 0 Å². The Morgan fingerprint density at radius 1 is 1.62 bits per heavy atom. The Kier molecular flexibility index (Phi) is 3.68. The second kappa shape index (κ2) is 4.80. The van der Waals surface area contributed by atoms with Crippen LogP contribution in [-0.2, 0) is 4.74 Å². The molecule has 0 aliphatic carbocycles. The number of nitro benzene ring substituents is 1. The minimum atomic E-state index is -0.731.